The second kappa shape index (κ2) is 9.86. The maximum atomic E-state index is 12.1. The number of esters is 1. The highest BCUT2D eigenvalue weighted by atomic mass is 16.6. The molecule has 2 aromatic carbocycles. The summed E-state index contributed by atoms with van der Waals surface area (Å²) in [6, 6.07) is 21.4. The number of hydrogen-bond acceptors (Lipinski definition) is 4. The molecule has 0 radical (unpaired) electrons. The Balaban J connectivity index is 1.38. The summed E-state index contributed by atoms with van der Waals surface area (Å²) >= 11 is 0. The van der Waals surface area contributed by atoms with Crippen molar-refractivity contribution in [1.82, 2.24) is 4.90 Å². The first-order chi connectivity index (χ1) is 14.3. The van der Waals surface area contributed by atoms with Crippen LogP contribution in [0.15, 0.2) is 66.2 Å². The van der Waals surface area contributed by atoms with Gasteiger partial charge in [0.15, 0.2) is 0 Å². The van der Waals surface area contributed by atoms with Gasteiger partial charge in [-0.2, -0.15) is 0 Å². The number of likely N-dealkylation sites (tertiary alicyclic amines) is 1. The molecule has 4 nitrogen and oxygen atoms in total. The van der Waals surface area contributed by atoms with Crippen LogP contribution in [0.1, 0.15) is 36.8 Å². The van der Waals surface area contributed by atoms with Gasteiger partial charge in [-0.05, 0) is 29.5 Å². The fraction of sp³-hybridized carbons (Fsp3) is 0.400. The second-order valence-corrected chi connectivity index (χ2v) is 7.78. The van der Waals surface area contributed by atoms with Crippen molar-refractivity contribution in [3.05, 3.63) is 77.4 Å². The standard InChI is InChI=1S/C25H29NO3/c27-24(29-23-14-18-28-19-23)13-17-26-15-11-22(12-16-26)25(20-7-3-1-4-8-20)21-9-5-2-6-10-21/h1-10,23H,11-19H2. The van der Waals surface area contributed by atoms with E-state index in [1.54, 1.807) is 0 Å². The lowest BCUT2D eigenvalue weighted by atomic mass is 9.88. The number of carbonyl (C=O) groups excluding carboxylic acids is 1. The van der Waals surface area contributed by atoms with Crippen LogP contribution in [0.3, 0.4) is 0 Å². The molecule has 2 aliphatic rings. The van der Waals surface area contributed by atoms with Crippen LogP contribution in [-0.4, -0.2) is 49.8 Å². The smallest absolute Gasteiger partial charge is 0.307 e. The molecule has 0 spiro atoms. The quantitative estimate of drug-likeness (QED) is 0.688. The van der Waals surface area contributed by atoms with Crippen LogP contribution in [0, 0.1) is 0 Å². The zero-order chi connectivity index (χ0) is 19.9. The van der Waals surface area contributed by atoms with E-state index < -0.39 is 0 Å². The fourth-order valence-electron chi connectivity index (χ4n) is 4.18. The van der Waals surface area contributed by atoms with Gasteiger partial charge in [0.05, 0.1) is 19.6 Å². The normalized spacial score (nSPS) is 19.9. The van der Waals surface area contributed by atoms with Crippen molar-refractivity contribution in [2.75, 3.05) is 32.8 Å². The van der Waals surface area contributed by atoms with E-state index in [0.29, 0.717) is 19.6 Å². The van der Waals surface area contributed by atoms with E-state index in [0.717, 1.165) is 38.9 Å². The van der Waals surface area contributed by atoms with Crippen LogP contribution in [-0.2, 0) is 14.3 Å². The van der Waals surface area contributed by atoms with E-state index in [2.05, 4.69) is 65.6 Å². The number of piperidine rings is 1. The molecule has 2 heterocycles. The van der Waals surface area contributed by atoms with Crippen LogP contribution < -0.4 is 0 Å². The molecular formula is C25H29NO3. The van der Waals surface area contributed by atoms with Crippen molar-refractivity contribution in [1.29, 1.82) is 0 Å². The Kier molecular flexibility index (Phi) is 6.75. The minimum absolute atomic E-state index is 0.0438. The molecule has 1 unspecified atom stereocenters. The lowest BCUT2D eigenvalue weighted by molar-refractivity contribution is -0.149. The molecule has 0 N–H and O–H groups in total. The van der Waals surface area contributed by atoms with Gasteiger partial charge in [-0.3, -0.25) is 4.79 Å². The SMILES string of the molecule is O=C(CCN1CCC(=C(c2ccccc2)c2ccccc2)CC1)OC1CCOC1. The van der Waals surface area contributed by atoms with Gasteiger partial charge in [-0.1, -0.05) is 66.2 Å². The fourth-order valence-corrected chi connectivity index (χ4v) is 4.18. The topological polar surface area (TPSA) is 38.8 Å². The van der Waals surface area contributed by atoms with Gasteiger partial charge < -0.3 is 14.4 Å². The minimum Gasteiger partial charge on any atom is -0.460 e. The predicted molar refractivity (Wildman–Crippen MR) is 115 cm³/mol. The molecule has 0 bridgehead atoms. The van der Waals surface area contributed by atoms with Crippen molar-refractivity contribution in [2.24, 2.45) is 0 Å². The highest BCUT2D eigenvalue weighted by molar-refractivity contribution is 5.82. The van der Waals surface area contributed by atoms with Crippen molar-refractivity contribution >= 4 is 11.5 Å². The lowest BCUT2D eigenvalue weighted by Gasteiger charge is -2.30. The molecule has 2 saturated heterocycles. The summed E-state index contributed by atoms with van der Waals surface area (Å²) in [5.74, 6) is -0.101. The first-order valence-electron chi connectivity index (χ1n) is 10.6. The summed E-state index contributed by atoms with van der Waals surface area (Å²) in [6.45, 7) is 3.98. The molecule has 0 aliphatic carbocycles. The van der Waals surface area contributed by atoms with Crippen LogP contribution in [0.25, 0.3) is 5.57 Å². The summed E-state index contributed by atoms with van der Waals surface area (Å²) in [6.07, 6.45) is 3.30. The van der Waals surface area contributed by atoms with Gasteiger partial charge in [0, 0.05) is 26.1 Å². The number of benzene rings is 2. The zero-order valence-corrected chi connectivity index (χ0v) is 16.9. The molecule has 2 fully saturated rings. The molecule has 1 atom stereocenters. The maximum Gasteiger partial charge on any atom is 0.307 e. The van der Waals surface area contributed by atoms with E-state index in [4.69, 9.17) is 9.47 Å². The molecule has 0 aromatic heterocycles. The molecule has 0 saturated carbocycles. The van der Waals surface area contributed by atoms with E-state index in [1.807, 2.05) is 0 Å². The summed E-state index contributed by atoms with van der Waals surface area (Å²) < 4.78 is 10.7. The lowest BCUT2D eigenvalue weighted by Crippen LogP contribution is -2.33. The highest BCUT2D eigenvalue weighted by Gasteiger charge is 2.22. The van der Waals surface area contributed by atoms with Crippen LogP contribution in [0.5, 0.6) is 0 Å². The van der Waals surface area contributed by atoms with Crippen molar-refractivity contribution in [3.63, 3.8) is 0 Å². The summed E-state index contributed by atoms with van der Waals surface area (Å²) in [4.78, 5) is 14.4. The summed E-state index contributed by atoms with van der Waals surface area (Å²) in [5.41, 5.74) is 5.44. The monoisotopic (exact) mass is 391 g/mol. The third kappa shape index (κ3) is 5.34. The van der Waals surface area contributed by atoms with Crippen molar-refractivity contribution < 1.29 is 14.3 Å². The highest BCUT2D eigenvalue weighted by Crippen LogP contribution is 2.32. The molecule has 29 heavy (non-hydrogen) atoms. The minimum atomic E-state index is -0.101. The zero-order valence-electron chi connectivity index (χ0n) is 16.9. The average Bonchev–Trinajstić information content (AvgIpc) is 3.28. The molecule has 2 aromatic rings. The molecule has 4 heteroatoms. The average molecular weight is 392 g/mol. The molecule has 2 aliphatic heterocycles. The third-order valence-corrected chi connectivity index (χ3v) is 5.76. The Morgan fingerprint density at radius 1 is 0.966 bits per heavy atom. The Labute approximate surface area is 173 Å². The molecule has 152 valence electrons. The van der Waals surface area contributed by atoms with Gasteiger partial charge >= 0.3 is 5.97 Å². The van der Waals surface area contributed by atoms with Gasteiger partial charge in [0.25, 0.3) is 0 Å². The van der Waals surface area contributed by atoms with E-state index in [-0.39, 0.29) is 12.1 Å². The number of rotatable bonds is 6. The van der Waals surface area contributed by atoms with E-state index >= 15 is 0 Å². The number of hydrogen-bond donors (Lipinski definition) is 0. The molecule has 0 amide bonds. The largest absolute Gasteiger partial charge is 0.460 e. The van der Waals surface area contributed by atoms with Gasteiger partial charge in [0.2, 0.25) is 0 Å². The van der Waals surface area contributed by atoms with Crippen molar-refractivity contribution in [2.45, 2.75) is 31.8 Å². The number of nitrogens with zero attached hydrogens (tertiary/aromatic N) is 1. The summed E-state index contributed by atoms with van der Waals surface area (Å²) in [5, 5.41) is 0. The summed E-state index contributed by atoms with van der Waals surface area (Å²) in [7, 11) is 0. The van der Waals surface area contributed by atoms with E-state index in [1.165, 1.54) is 22.3 Å². The number of carbonyl (C=O) groups is 1. The van der Waals surface area contributed by atoms with Gasteiger partial charge in [-0.15, -0.1) is 0 Å². The Morgan fingerprint density at radius 2 is 1.59 bits per heavy atom. The Hall–Kier alpha value is -2.43. The van der Waals surface area contributed by atoms with Crippen molar-refractivity contribution in [3.8, 4) is 0 Å². The first kappa shape index (κ1) is 19.9. The van der Waals surface area contributed by atoms with E-state index in [9.17, 15) is 4.79 Å². The van der Waals surface area contributed by atoms with Gasteiger partial charge in [0.1, 0.15) is 6.10 Å². The second-order valence-electron chi connectivity index (χ2n) is 7.78. The Morgan fingerprint density at radius 3 is 2.14 bits per heavy atom. The Bertz CT molecular complexity index is 774. The van der Waals surface area contributed by atoms with Gasteiger partial charge in [-0.25, -0.2) is 0 Å². The first-order valence-corrected chi connectivity index (χ1v) is 10.6. The van der Waals surface area contributed by atoms with Crippen LogP contribution in [0.2, 0.25) is 0 Å². The maximum absolute atomic E-state index is 12.1. The molecular weight excluding hydrogens is 362 g/mol. The predicted octanol–water partition coefficient (Wildman–Crippen LogP) is 4.31. The van der Waals surface area contributed by atoms with Crippen LogP contribution in [0.4, 0.5) is 0 Å². The van der Waals surface area contributed by atoms with Crippen LogP contribution >= 0.6 is 0 Å². The third-order valence-electron chi connectivity index (χ3n) is 5.76. The molecule has 4 rings (SSSR count). The number of ether oxygens (including phenoxy) is 2.